The van der Waals surface area contributed by atoms with E-state index >= 15 is 0 Å². The maximum atomic E-state index is 12.8. The molecule has 0 saturated carbocycles. The summed E-state index contributed by atoms with van der Waals surface area (Å²) in [6.45, 7) is 16.0. The molecule has 1 aromatic heterocycles. The maximum Gasteiger partial charge on any atom is 1.00 e. The van der Waals surface area contributed by atoms with Crippen molar-refractivity contribution in [1.29, 1.82) is 0 Å². The van der Waals surface area contributed by atoms with Gasteiger partial charge in [-0.05, 0) is 29.9 Å². The molecule has 1 aromatic carbocycles. The van der Waals surface area contributed by atoms with E-state index in [1.54, 1.807) is 6.20 Å². The maximum absolute atomic E-state index is 12.8. The monoisotopic (exact) mass is 466 g/mol. The number of carbonyl (C=O) groups is 1. The van der Waals surface area contributed by atoms with Crippen LogP contribution in [0.1, 0.15) is 53.0 Å². The number of rotatable bonds is 7. The van der Waals surface area contributed by atoms with E-state index in [1.165, 1.54) is 5.56 Å². The molecule has 2 aromatic rings. The van der Waals surface area contributed by atoms with Gasteiger partial charge in [-0.25, -0.2) is 0 Å². The van der Waals surface area contributed by atoms with Crippen LogP contribution in [0.2, 0.25) is 0 Å². The van der Waals surface area contributed by atoms with E-state index in [2.05, 4.69) is 60.2 Å². The molecule has 0 radical (unpaired) electrons. The van der Waals surface area contributed by atoms with Crippen molar-refractivity contribution in [3.8, 4) is 11.3 Å². The Morgan fingerprint density at radius 2 is 1.84 bits per heavy atom. The summed E-state index contributed by atoms with van der Waals surface area (Å²) in [5.41, 5.74) is 4.05. The molecule has 1 aliphatic heterocycles. The number of nitrogens with zero attached hydrogens (tertiary/aromatic N) is 3. The van der Waals surface area contributed by atoms with Gasteiger partial charge in [-0.3, -0.25) is 4.79 Å². The second kappa shape index (κ2) is 16.6. The van der Waals surface area contributed by atoms with Gasteiger partial charge < -0.3 is 25.5 Å². The van der Waals surface area contributed by atoms with Crippen LogP contribution in [-0.2, 0) is 11.3 Å². The van der Waals surface area contributed by atoms with Crippen LogP contribution in [0, 0.1) is 11.8 Å². The molecule has 1 saturated heterocycles. The van der Waals surface area contributed by atoms with Gasteiger partial charge in [0.1, 0.15) is 0 Å². The Labute approximate surface area is 236 Å². The largest absolute Gasteiger partial charge is 1.00 e. The molecule has 1 fully saturated rings. The van der Waals surface area contributed by atoms with Crippen molar-refractivity contribution in [2.75, 3.05) is 13.7 Å². The van der Waals surface area contributed by atoms with Gasteiger partial charge in [0.25, 0.3) is 0 Å². The summed E-state index contributed by atoms with van der Waals surface area (Å²) in [6.07, 6.45) is 3.72. The van der Waals surface area contributed by atoms with Crippen molar-refractivity contribution >= 4 is 5.91 Å². The predicted molar refractivity (Wildman–Crippen MR) is 127 cm³/mol. The van der Waals surface area contributed by atoms with Gasteiger partial charge in [0, 0.05) is 38.0 Å². The summed E-state index contributed by atoms with van der Waals surface area (Å²) in [7, 11) is 1.00. The Morgan fingerprint density at radius 3 is 2.38 bits per heavy atom. The first kappa shape index (κ1) is 31.0. The van der Waals surface area contributed by atoms with E-state index in [0.717, 1.165) is 43.5 Å². The summed E-state index contributed by atoms with van der Waals surface area (Å²) in [6, 6.07) is 10.3. The number of benzene rings is 1. The Balaban J connectivity index is 0.00000182. The van der Waals surface area contributed by atoms with Crippen molar-refractivity contribution in [3.05, 3.63) is 54.4 Å². The number of hydrogen-bond donors (Lipinski definition) is 2. The van der Waals surface area contributed by atoms with Gasteiger partial charge >= 0.3 is 51.4 Å². The normalized spacial score (nSPS) is 15.5. The minimum Gasteiger partial charge on any atom is -0.575 e. The third-order valence-corrected chi connectivity index (χ3v) is 5.56. The summed E-state index contributed by atoms with van der Waals surface area (Å²) in [4.78, 5) is 14.8. The number of carbonyl (C=O) groups excluding carboxylic acids is 1. The molecule has 2 unspecified atom stereocenters. The molecule has 1 aliphatic rings. The van der Waals surface area contributed by atoms with Crippen LogP contribution < -0.4 is 61.8 Å². The van der Waals surface area contributed by atoms with Crippen LogP contribution in [-0.4, -0.2) is 40.7 Å². The van der Waals surface area contributed by atoms with E-state index in [0.29, 0.717) is 12.5 Å². The Bertz CT molecular complexity index is 776. The van der Waals surface area contributed by atoms with Crippen LogP contribution in [0.3, 0.4) is 0 Å². The molecule has 0 aliphatic carbocycles. The van der Waals surface area contributed by atoms with E-state index in [9.17, 15) is 4.79 Å². The molecule has 0 bridgehead atoms. The molecular formula is C25H39KN4O2. The van der Waals surface area contributed by atoms with Crippen LogP contribution in [0.5, 0.6) is 0 Å². The van der Waals surface area contributed by atoms with E-state index < -0.39 is 0 Å². The number of aliphatic hydroxyl groups excluding tert-OH is 1. The molecule has 0 spiro atoms. The van der Waals surface area contributed by atoms with E-state index in [-0.39, 0.29) is 69.3 Å². The van der Waals surface area contributed by atoms with Crippen molar-refractivity contribution in [1.82, 2.24) is 20.4 Å². The standard InChI is InChI=1S/C22H29N4O.C2H6.CH4O.K/c1-15(2)16(3)22(27)26-13-5-6-21(26)17(4)23-14-18-7-9-19(10-8-18)20-11-12-24-25-20;2*1-2;/h7-12,15-16,21,23H,4-6,13-14H2,1-3H3;1-2H3;2H,1H3;/q-1;;;+1. The minimum atomic E-state index is 0. The van der Waals surface area contributed by atoms with Gasteiger partial charge in [0.2, 0.25) is 5.91 Å². The smallest absolute Gasteiger partial charge is 0.575 e. The topological polar surface area (TPSA) is 79.6 Å². The molecule has 2 heterocycles. The second-order valence-electron chi connectivity index (χ2n) is 7.71. The van der Waals surface area contributed by atoms with E-state index in [1.807, 2.05) is 31.7 Å². The fraction of sp³-hybridized carbons (Fsp3) is 0.520. The molecule has 1 amide bonds. The average Bonchev–Trinajstić information content (AvgIpc) is 3.52. The summed E-state index contributed by atoms with van der Waals surface area (Å²) >= 11 is 0. The van der Waals surface area contributed by atoms with Gasteiger partial charge in [-0.15, -0.1) is 5.69 Å². The van der Waals surface area contributed by atoms with Gasteiger partial charge in [0.15, 0.2) is 0 Å². The SMILES string of the molecule is C=C(NCc1ccc(-c2ccn[n-]2)cc1)C1CCCN1C(=O)C(C)C(C)C.CC.CO.[K+]. The zero-order valence-corrected chi connectivity index (χ0v) is 24.1. The van der Waals surface area contributed by atoms with Crippen molar-refractivity contribution < 1.29 is 61.3 Å². The molecule has 7 heteroatoms. The van der Waals surface area contributed by atoms with Crippen LogP contribution in [0.4, 0.5) is 0 Å². The Hall–Kier alpha value is -0.964. The van der Waals surface area contributed by atoms with Crippen molar-refractivity contribution in [2.45, 2.75) is 60.0 Å². The predicted octanol–water partition coefficient (Wildman–Crippen LogP) is 1.23. The third kappa shape index (κ3) is 8.76. The third-order valence-electron chi connectivity index (χ3n) is 5.56. The van der Waals surface area contributed by atoms with Gasteiger partial charge in [-0.2, -0.15) is 0 Å². The fourth-order valence-electron chi connectivity index (χ4n) is 3.45. The number of amides is 1. The number of aliphatic hydroxyl groups is 1. The number of hydrogen-bond acceptors (Lipinski definition) is 4. The van der Waals surface area contributed by atoms with Crippen LogP contribution in [0.25, 0.3) is 11.3 Å². The van der Waals surface area contributed by atoms with Gasteiger partial charge in [-0.1, -0.05) is 71.5 Å². The van der Waals surface area contributed by atoms with Gasteiger partial charge in [0.05, 0.1) is 6.04 Å². The number of likely N-dealkylation sites (tertiary alicyclic amines) is 1. The van der Waals surface area contributed by atoms with Crippen LogP contribution >= 0.6 is 0 Å². The molecule has 32 heavy (non-hydrogen) atoms. The Morgan fingerprint density at radius 1 is 1.22 bits per heavy atom. The number of aromatic nitrogens is 2. The molecular weight excluding hydrogens is 427 g/mol. The number of nitrogens with one attached hydrogen (secondary N) is 1. The average molecular weight is 467 g/mol. The summed E-state index contributed by atoms with van der Waals surface area (Å²) in [5, 5.41) is 18.4. The fourth-order valence-corrected chi connectivity index (χ4v) is 3.45. The molecule has 172 valence electrons. The van der Waals surface area contributed by atoms with E-state index in [4.69, 9.17) is 5.11 Å². The second-order valence-corrected chi connectivity index (χ2v) is 7.71. The van der Waals surface area contributed by atoms with Crippen LogP contribution in [0.15, 0.2) is 48.8 Å². The first-order valence-corrected chi connectivity index (χ1v) is 11.2. The molecule has 6 nitrogen and oxygen atoms in total. The van der Waals surface area contributed by atoms with Crippen molar-refractivity contribution in [2.24, 2.45) is 11.8 Å². The zero-order valence-electron chi connectivity index (χ0n) is 20.9. The zero-order chi connectivity index (χ0) is 23.4. The Kier molecular flexibility index (Phi) is 16.1. The first-order valence-electron chi connectivity index (χ1n) is 11.2. The summed E-state index contributed by atoms with van der Waals surface area (Å²) < 4.78 is 0. The van der Waals surface area contributed by atoms with Crippen molar-refractivity contribution in [3.63, 3.8) is 0 Å². The quantitative estimate of drug-likeness (QED) is 0.600. The summed E-state index contributed by atoms with van der Waals surface area (Å²) in [5.74, 6) is 0.645. The first-order chi connectivity index (χ1) is 15.0. The minimum absolute atomic E-state index is 0. The molecule has 3 rings (SSSR count). The molecule has 2 N–H and O–H groups in total. The molecule has 2 atom stereocenters.